The Kier molecular flexibility index (Phi) is 9.20. The zero-order valence-corrected chi connectivity index (χ0v) is 18.0. The van der Waals surface area contributed by atoms with Crippen molar-refractivity contribution in [3.05, 3.63) is 29.9 Å². The molecule has 0 aromatic carbocycles. The molecule has 1 aliphatic heterocycles. The first-order valence-electron chi connectivity index (χ1n) is 10.4. The van der Waals surface area contributed by atoms with Crippen LogP contribution in [0.3, 0.4) is 0 Å². The van der Waals surface area contributed by atoms with E-state index >= 15 is 0 Å². The second kappa shape index (κ2) is 11.4. The van der Waals surface area contributed by atoms with E-state index < -0.39 is 11.9 Å². The van der Waals surface area contributed by atoms with Crippen LogP contribution in [0.4, 0.5) is 0 Å². The number of aliphatic hydroxyl groups excluding tert-OH is 1. The van der Waals surface area contributed by atoms with Gasteiger partial charge in [0.15, 0.2) is 5.79 Å². The van der Waals surface area contributed by atoms with Crippen molar-refractivity contribution < 1.29 is 24.1 Å². The highest BCUT2D eigenvalue weighted by atomic mass is 16.7. The summed E-state index contributed by atoms with van der Waals surface area (Å²) in [6.45, 7) is 5.89. The standard InChI is InChI=1S/C22H34N2O5/c1-5-6-7-9-17(25)21-16(14-23-15-24-21)12-13-19-18(28-22(2,3)29-19)10-8-11-20(26)27-4/h12-15,17-19,25H,5-11H2,1-4H3/b13-12+. The van der Waals surface area contributed by atoms with Crippen molar-refractivity contribution in [2.45, 2.75) is 89.8 Å². The highest BCUT2D eigenvalue weighted by Gasteiger charge is 2.39. The first-order valence-corrected chi connectivity index (χ1v) is 10.4. The minimum Gasteiger partial charge on any atom is -0.469 e. The van der Waals surface area contributed by atoms with Crippen LogP contribution < -0.4 is 0 Å². The maximum Gasteiger partial charge on any atom is 0.305 e. The number of unbranched alkanes of at least 4 members (excludes halogenated alkanes) is 2. The van der Waals surface area contributed by atoms with Crippen LogP contribution in [0.25, 0.3) is 6.08 Å². The molecule has 2 heterocycles. The zero-order valence-electron chi connectivity index (χ0n) is 18.0. The molecule has 1 aliphatic rings. The molecule has 1 aromatic rings. The van der Waals surface area contributed by atoms with E-state index in [1.165, 1.54) is 13.4 Å². The fraction of sp³-hybridized carbons (Fsp3) is 0.682. The lowest BCUT2D eigenvalue weighted by Gasteiger charge is -2.16. The van der Waals surface area contributed by atoms with Crippen molar-refractivity contribution in [1.82, 2.24) is 9.97 Å². The lowest BCUT2D eigenvalue weighted by Crippen LogP contribution is -2.21. The molecule has 0 radical (unpaired) electrons. The molecule has 1 saturated heterocycles. The summed E-state index contributed by atoms with van der Waals surface area (Å²) >= 11 is 0. The van der Waals surface area contributed by atoms with Crippen LogP contribution in [-0.4, -0.2) is 46.1 Å². The van der Waals surface area contributed by atoms with Gasteiger partial charge >= 0.3 is 5.97 Å². The topological polar surface area (TPSA) is 90.8 Å². The lowest BCUT2D eigenvalue weighted by molar-refractivity contribution is -0.144. The number of nitrogens with zero attached hydrogens (tertiary/aromatic N) is 2. The maximum atomic E-state index is 11.4. The molecule has 1 fully saturated rings. The minimum atomic E-state index is -0.694. The van der Waals surface area contributed by atoms with Crippen molar-refractivity contribution in [1.29, 1.82) is 0 Å². The van der Waals surface area contributed by atoms with Crippen molar-refractivity contribution in [2.75, 3.05) is 7.11 Å². The second-order valence-electron chi connectivity index (χ2n) is 7.84. The Labute approximate surface area is 173 Å². The van der Waals surface area contributed by atoms with Crippen molar-refractivity contribution in [3.63, 3.8) is 0 Å². The number of carbonyl (C=O) groups is 1. The molecule has 2 rings (SSSR count). The number of aliphatic hydroxyl groups is 1. The molecule has 7 nitrogen and oxygen atoms in total. The summed E-state index contributed by atoms with van der Waals surface area (Å²) in [5.74, 6) is -0.918. The van der Waals surface area contributed by atoms with Gasteiger partial charge in [0.25, 0.3) is 0 Å². The summed E-state index contributed by atoms with van der Waals surface area (Å²) in [5.41, 5.74) is 1.41. The first kappa shape index (κ1) is 23.4. The molecule has 0 amide bonds. The Morgan fingerprint density at radius 1 is 1.34 bits per heavy atom. The average Bonchev–Trinajstić information content (AvgIpc) is 3.00. The van der Waals surface area contributed by atoms with Crippen molar-refractivity contribution in [2.24, 2.45) is 0 Å². The van der Waals surface area contributed by atoms with Crippen LogP contribution in [0.1, 0.15) is 83.1 Å². The van der Waals surface area contributed by atoms with E-state index in [9.17, 15) is 9.90 Å². The normalized spacial score (nSPS) is 22.1. The fourth-order valence-corrected chi connectivity index (χ4v) is 3.48. The summed E-state index contributed by atoms with van der Waals surface area (Å²) in [7, 11) is 1.39. The van der Waals surface area contributed by atoms with E-state index in [0.717, 1.165) is 24.8 Å². The van der Waals surface area contributed by atoms with Crippen LogP contribution in [0, 0.1) is 0 Å². The van der Waals surface area contributed by atoms with Crippen LogP contribution in [0.15, 0.2) is 18.6 Å². The predicted molar refractivity (Wildman–Crippen MR) is 110 cm³/mol. The van der Waals surface area contributed by atoms with E-state index in [1.54, 1.807) is 6.20 Å². The van der Waals surface area contributed by atoms with Crippen LogP contribution in [0.5, 0.6) is 0 Å². The van der Waals surface area contributed by atoms with Crippen molar-refractivity contribution >= 4 is 12.0 Å². The molecule has 1 N–H and O–H groups in total. The van der Waals surface area contributed by atoms with Gasteiger partial charge in [0.05, 0.1) is 25.0 Å². The van der Waals surface area contributed by atoms with Gasteiger partial charge in [-0.1, -0.05) is 38.3 Å². The third-order valence-corrected chi connectivity index (χ3v) is 4.95. The molecule has 0 saturated carbocycles. The fourth-order valence-electron chi connectivity index (χ4n) is 3.48. The SMILES string of the molecule is CCCCCC(O)c1ncncc1/C=C/C1OC(C)(C)OC1CCCC(=O)OC. The van der Waals surface area contributed by atoms with Gasteiger partial charge in [0, 0.05) is 18.2 Å². The third kappa shape index (κ3) is 7.49. The molecule has 3 atom stereocenters. The van der Waals surface area contributed by atoms with Crippen LogP contribution in [0.2, 0.25) is 0 Å². The second-order valence-corrected chi connectivity index (χ2v) is 7.84. The van der Waals surface area contributed by atoms with Gasteiger partial charge in [-0.2, -0.15) is 0 Å². The summed E-state index contributed by atoms with van der Waals surface area (Å²) < 4.78 is 16.7. The number of methoxy groups -OCH3 is 1. The molecule has 1 aromatic heterocycles. The number of hydrogen-bond acceptors (Lipinski definition) is 7. The quantitative estimate of drug-likeness (QED) is 0.439. The molecule has 0 bridgehead atoms. The average molecular weight is 407 g/mol. The van der Waals surface area contributed by atoms with E-state index in [1.807, 2.05) is 26.0 Å². The van der Waals surface area contributed by atoms with Gasteiger partial charge in [-0.25, -0.2) is 9.97 Å². The summed E-state index contributed by atoms with van der Waals surface area (Å²) in [6, 6.07) is 0. The van der Waals surface area contributed by atoms with Gasteiger partial charge in [-0.05, 0) is 33.1 Å². The summed E-state index contributed by atoms with van der Waals surface area (Å²) in [6.07, 6.45) is 11.5. The van der Waals surface area contributed by atoms with Gasteiger partial charge in [-0.15, -0.1) is 0 Å². The zero-order chi connectivity index (χ0) is 21.3. The molecule has 3 unspecified atom stereocenters. The molecular weight excluding hydrogens is 372 g/mol. The number of ether oxygens (including phenoxy) is 3. The van der Waals surface area contributed by atoms with E-state index in [-0.39, 0.29) is 18.2 Å². The predicted octanol–water partition coefficient (Wildman–Crippen LogP) is 3.97. The van der Waals surface area contributed by atoms with Crippen LogP contribution in [-0.2, 0) is 19.0 Å². The molecule has 0 spiro atoms. The van der Waals surface area contributed by atoms with Gasteiger partial charge in [0.1, 0.15) is 12.4 Å². The summed E-state index contributed by atoms with van der Waals surface area (Å²) in [5, 5.41) is 10.5. The Hall–Kier alpha value is -1.83. The smallest absolute Gasteiger partial charge is 0.305 e. The largest absolute Gasteiger partial charge is 0.469 e. The highest BCUT2D eigenvalue weighted by Crippen LogP contribution is 2.32. The number of hydrogen-bond donors (Lipinski definition) is 1. The number of esters is 1. The van der Waals surface area contributed by atoms with Gasteiger partial charge in [-0.3, -0.25) is 4.79 Å². The molecule has 7 heteroatoms. The minimum absolute atomic E-state index is 0.159. The Bertz CT molecular complexity index is 677. The highest BCUT2D eigenvalue weighted by molar-refractivity contribution is 5.69. The first-order chi connectivity index (χ1) is 13.9. The maximum absolute atomic E-state index is 11.4. The summed E-state index contributed by atoms with van der Waals surface area (Å²) in [4.78, 5) is 19.7. The van der Waals surface area contributed by atoms with Crippen molar-refractivity contribution in [3.8, 4) is 0 Å². The molecule has 0 aliphatic carbocycles. The van der Waals surface area contributed by atoms with E-state index in [2.05, 4.69) is 16.9 Å². The Morgan fingerprint density at radius 2 is 2.14 bits per heavy atom. The third-order valence-electron chi connectivity index (χ3n) is 4.95. The lowest BCUT2D eigenvalue weighted by atomic mass is 10.0. The molecular formula is C22H34N2O5. The van der Waals surface area contributed by atoms with Crippen LogP contribution >= 0.6 is 0 Å². The molecule has 162 valence electrons. The van der Waals surface area contributed by atoms with Gasteiger partial charge < -0.3 is 19.3 Å². The molecule has 29 heavy (non-hydrogen) atoms. The number of carbonyl (C=O) groups excluding carboxylic acids is 1. The van der Waals surface area contributed by atoms with E-state index in [0.29, 0.717) is 31.4 Å². The Balaban J connectivity index is 2.05. The number of rotatable bonds is 11. The number of aromatic nitrogens is 2. The van der Waals surface area contributed by atoms with E-state index in [4.69, 9.17) is 14.2 Å². The Morgan fingerprint density at radius 3 is 2.86 bits per heavy atom. The monoisotopic (exact) mass is 406 g/mol. The van der Waals surface area contributed by atoms with Gasteiger partial charge in [0.2, 0.25) is 0 Å².